The number of benzene rings is 1. The summed E-state index contributed by atoms with van der Waals surface area (Å²) in [5.74, 6) is 1.78. The van der Waals surface area contributed by atoms with Crippen molar-refractivity contribution in [1.29, 1.82) is 0 Å². The van der Waals surface area contributed by atoms with Gasteiger partial charge in [-0.25, -0.2) is 0 Å². The summed E-state index contributed by atoms with van der Waals surface area (Å²) in [5, 5.41) is 0. The molecule has 0 radical (unpaired) electrons. The lowest BCUT2D eigenvalue weighted by atomic mass is 9.77. The van der Waals surface area contributed by atoms with Gasteiger partial charge >= 0.3 is 0 Å². The van der Waals surface area contributed by atoms with Gasteiger partial charge in [-0.05, 0) is 36.8 Å². The largest absolute Gasteiger partial charge is 0.493 e. The molecule has 0 amide bonds. The van der Waals surface area contributed by atoms with E-state index in [4.69, 9.17) is 10.5 Å². The Morgan fingerprint density at radius 2 is 2.14 bits per heavy atom. The Labute approximate surface area is 84.1 Å². The summed E-state index contributed by atoms with van der Waals surface area (Å²) in [7, 11) is 0. The molecule has 14 heavy (non-hydrogen) atoms. The maximum atomic E-state index is 6.10. The molecule has 1 heterocycles. The zero-order valence-corrected chi connectivity index (χ0v) is 8.20. The van der Waals surface area contributed by atoms with E-state index in [-0.39, 0.29) is 6.04 Å². The third kappa shape index (κ3) is 1.07. The first-order chi connectivity index (χ1) is 6.86. The minimum Gasteiger partial charge on any atom is -0.493 e. The molecule has 2 heteroatoms. The molecule has 0 aromatic heterocycles. The van der Waals surface area contributed by atoms with Crippen LogP contribution in [0.15, 0.2) is 18.2 Å². The van der Waals surface area contributed by atoms with Crippen LogP contribution >= 0.6 is 0 Å². The number of rotatable bonds is 0. The average molecular weight is 189 g/mol. The lowest BCUT2D eigenvalue weighted by Crippen LogP contribution is -2.25. The van der Waals surface area contributed by atoms with Crippen molar-refractivity contribution in [2.45, 2.75) is 31.2 Å². The predicted octanol–water partition coefficient (Wildman–Crippen LogP) is 2.35. The van der Waals surface area contributed by atoms with Crippen molar-refractivity contribution >= 4 is 0 Å². The number of nitrogens with two attached hydrogens (primary N) is 1. The SMILES string of the molecule is NC1CCC2CCOc3cccc1c32. The third-order valence-electron chi connectivity index (χ3n) is 3.46. The van der Waals surface area contributed by atoms with E-state index in [0.29, 0.717) is 5.92 Å². The van der Waals surface area contributed by atoms with E-state index in [0.717, 1.165) is 25.2 Å². The molecule has 1 aromatic carbocycles. The Hall–Kier alpha value is -1.02. The molecule has 0 bridgehead atoms. The summed E-state index contributed by atoms with van der Waals surface area (Å²) >= 11 is 0. The topological polar surface area (TPSA) is 35.2 Å². The van der Waals surface area contributed by atoms with Crippen LogP contribution in [0.5, 0.6) is 5.75 Å². The van der Waals surface area contributed by atoms with E-state index in [9.17, 15) is 0 Å². The van der Waals surface area contributed by atoms with Gasteiger partial charge in [-0.2, -0.15) is 0 Å². The maximum Gasteiger partial charge on any atom is 0.123 e. The highest BCUT2D eigenvalue weighted by Gasteiger charge is 2.30. The Kier molecular flexibility index (Phi) is 1.77. The lowest BCUT2D eigenvalue weighted by molar-refractivity contribution is 0.252. The van der Waals surface area contributed by atoms with Gasteiger partial charge in [-0.1, -0.05) is 12.1 Å². The van der Waals surface area contributed by atoms with Crippen LogP contribution in [-0.4, -0.2) is 6.61 Å². The van der Waals surface area contributed by atoms with Crippen molar-refractivity contribution in [1.82, 2.24) is 0 Å². The highest BCUT2D eigenvalue weighted by atomic mass is 16.5. The van der Waals surface area contributed by atoms with Gasteiger partial charge in [0.05, 0.1) is 6.61 Å². The second-order valence-corrected chi connectivity index (χ2v) is 4.28. The molecule has 2 aliphatic rings. The molecular weight excluding hydrogens is 174 g/mol. The smallest absolute Gasteiger partial charge is 0.123 e. The van der Waals surface area contributed by atoms with Gasteiger partial charge in [0, 0.05) is 11.6 Å². The van der Waals surface area contributed by atoms with Crippen LogP contribution in [0.4, 0.5) is 0 Å². The zero-order chi connectivity index (χ0) is 9.54. The van der Waals surface area contributed by atoms with E-state index < -0.39 is 0 Å². The molecule has 0 spiro atoms. The van der Waals surface area contributed by atoms with Crippen LogP contribution in [0.25, 0.3) is 0 Å². The van der Waals surface area contributed by atoms with Crippen molar-refractivity contribution in [2.24, 2.45) is 5.73 Å². The Morgan fingerprint density at radius 1 is 1.21 bits per heavy atom. The summed E-state index contributed by atoms with van der Waals surface area (Å²) in [4.78, 5) is 0. The second kappa shape index (κ2) is 2.99. The van der Waals surface area contributed by atoms with Gasteiger partial charge in [0.25, 0.3) is 0 Å². The molecule has 0 saturated heterocycles. The molecule has 0 fully saturated rings. The van der Waals surface area contributed by atoms with Gasteiger partial charge in [-0.15, -0.1) is 0 Å². The van der Waals surface area contributed by atoms with Crippen molar-refractivity contribution in [3.8, 4) is 5.75 Å². The van der Waals surface area contributed by atoms with Crippen LogP contribution in [0.1, 0.15) is 42.3 Å². The summed E-state index contributed by atoms with van der Waals surface area (Å²) < 4.78 is 5.66. The molecule has 74 valence electrons. The van der Waals surface area contributed by atoms with E-state index in [1.54, 1.807) is 0 Å². The fourth-order valence-corrected chi connectivity index (χ4v) is 2.73. The van der Waals surface area contributed by atoms with Gasteiger partial charge in [0.2, 0.25) is 0 Å². The highest BCUT2D eigenvalue weighted by molar-refractivity contribution is 5.46. The Balaban J connectivity index is 2.19. The second-order valence-electron chi connectivity index (χ2n) is 4.28. The minimum absolute atomic E-state index is 0.225. The first-order valence-corrected chi connectivity index (χ1v) is 5.37. The molecule has 3 rings (SSSR count). The Bertz CT molecular complexity index is 361. The first-order valence-electron chi connectivity index (χ1n) is 5.37. The summed E-state index contributed by atoms with van der Waals surface area (Å²) in [5.41, 5.74) is 8.82. The fourth-order valence-electron chi connectivity index (χ4n) is 2.73. The molecular formula is C12H15NO. The maximum absolute atomic E-state index is 6.10. The van der Waals surface area contributed by atoms with Crippen molar-refractivity contribution in [2.75, 3.05) is 6.61 Å². The molecule has 1 aliphatic carbocycles. The third-order valence-corrected chi connectivity index (χ3v) is 3.46. The van der Waals surface area contributed by atoms with Gasteiger partial charge < -0.3 is 10.5 Å². The van der Waals surface area contributed by atoms with Gasteiger partial charge in [0.15, 0.2) is 0 Å². The first kappa shape index (κ1) is 8.30. The molecule has 2 unspecified atom stereocenters. The summed E-state index contributed by atoms with van der Waals surface area (Å²) in [6.45, 7) is 0.871. The van der Waals surface area contributed by atoms with Crippen LogP contribution in [0.2, 0.25) is 0 Å². The quantitative estimate of drug-likeness (QED) is 0.680. The monoisotopic (exact) mass is 189 g/mol. The molecule has 0 saturated carbocycles. The molecule has 2 atom stereocenters. The summed E-state index contributed by atoms with van der Waals surface area (Å²) in [6, 6.07) is 6.51. The lowest BCUT2D eigenvalue weighted by Gasteiger charge is -2.34. The minimum atomic E-state index is 0.225. The molecule has 1 aromatic rings. The van der Waals surface area contributed by atoms with E-state index in [1.807, 2.05) is 0 Å². The highest BCUT2D eigenvalue weighted by Crippen LogP contribution is 2.45. The molecule has 1 aliphatic heterocycles. The van der Waals surface area contributed by atoms with Crippen molar-refractivity contribution in [3.05, 3.63) is 29.3 Å². The number of ether oxygens (including phenoxy) is 1. The average Bonchev–Trinajstić information content (AvgIpc) is 2.24. The van der Waals surface area contributed by atoms with Gasteiger partial charge in [-0.3, -0.25) is 0 Å². The van der Waals surface area contributed by atoms with E-state index >= 15 is 0 Å². The molecule has 2 N–H and O–H groups in total. The zero-order valence-electron chi connectivity index (χ0n) is 8.20. The normalized spacial score (nSPS) is 29.2. The van der Waals surface area contributed by atoms with Crippen LogP contribution in [0.3, 0.4) is 0 Å². The van der Waals surface area contributed by atoms with E-state index in [1.165, 1.54) is 17.5 Å². The van der Waals surface area contributed by atoms with Crippen LogP contribution in [-0.2, 0) is 0 Å². The van der Waals surface area contributed by atoms with E-state index in [2.05, 4.69) is 18.2 Å². The predicted molar refractivity (Wildman–Crippen MR) is 55.5 cm³/mol. The number of hydrogen-bond donors (Lipinski definition) is 1. The Morgan fingerprint density at radius 3 is 3.07 bits per heavy atom. The molecule has 2 nitrogen and oxygen atoms in total. The summed E-state index contributed by atoms with van der Waals surface area (Å²) in [6.07, 6.45) is 3.52. The van der Waals surface area contributed by atoms with Crippen molar-refractivity contribution in [3.63, 3.8) is 0 Å². The van der Waals surface area contributed by atoms with Crippen molar-refractivity contribution < 1.29 is 4.74 Å². The number of hydrogen-bond acceptors (Lipinski definition) is 2. The fraction of sp³-hybridized carbons (Fsp3) is 0.500. The van der Waals surface area contributed by atoms with Crippen LogP contribution < -0.4 is 10.5 Å². The van der Waals surface area contributed by atoms with Crippen LogP contribution in [0, 0.1) is 0 Å². The van der Waals surface area contributed by atoms with Gasteiger partial charge in [0.1, 0.15) is 5.75 Å². The standard InChI is InChI=1S/C12H15NO/c13-10-5-4-8-6-7-14-11-3-1-2-9(10)12(8)11/h1-3,8,10H,4-7,13H2.